The molecule has 0 spiro atoms. The van der Waals surface area contributed by atoms with Gasteiger partial charge in [-0.2, -0.15) is 9.78 Å². The first-order chi connectivity index (χ1) is 17.5. The molecule has 0 radical (unpaired) electrons. The molecule has 1 amide bonds. The second-order valence-electron chi connectivity index (χ2n) is 8.70. The van der Waals surface area contributed by atoms with E-state index in [1.165, 1.54) is 10.7 Å². The highest BCUT2D eigenvalue weighted by atomic mass is 32.2. The van der Waals surface area contributed by atoms with Crippen LogP contribution in [0.15, 0.2) is 47.4 Å². The number of benzene rings is 2. The van der Waals surface area contributed by atoms with Crippen LogP contribution in [-0.4, -0.2) is 41.6 Å². The van der Waals surface area contributed by atoms with Crippen molar-refractivity contribution >= 4 is 21.6 Å². The average molecular weight is 530 g/mol. The van der Waals surface area contributed by atoms with Gasteiger partial charge in [0, 0.05) is 30.3 Å². The quantitative estimate of drug-likeness (QED) is 0.276. The minimum absolute atomic E-state index is 0.111. The molecule has 0 bridgehead atoms. The lowest BCUT2D eigenvalue weighted by atomic mass is 10.2. The maximum atomic E-state index is 13.2. The van der Waals surface area contributed by atoms with Gasteiger partial charge in [-0.25, -0.2) is 13.1 Å². The molecule has 12 heteroatoms. The minimum Gasteiger partial charge on any atom is -0.437 e. The zero-order chi connectivity index (χ0) is 27.3. The van der Waals surface area contributed by atoms with Crippen LogP contribution in [0.1, 0.15) is 55.2 Å². The summed E-state index contributed by atoms with van der Waals surface area (Å²) < 4.78 is 36.4. The number of amides is 1. The summed E-state index contributed by atoms with van der Waals surface area (Å²) in [5, 5.41) is 18.7. The van der Waals surface area contributed by atoms with Crippen molar-refractivity contribution in [3.05, 3.63) is 69.4 Å². The zero-order valence-corrected chi connectivity index (χ0v) is 22.3. The first-order valence-electron chi connectivity index (χ1n) is 11.9. The third kappa shape index (κ3) is 6.33. The van der Waals surface area contributed by atoms with Crippen molar-refractivity contribution in [3.8, 4) is 17.3 Å². The molecule has 0 aliphatic rings. The Labute approximate surface area is 216 Å². The lowest BCUT2D eigenvalue weighted by Crippen LogP contribution is -2.32. The summed E-state index contributed by atoms with van der Waals surface area (Å²) in [6, 6.07) is 10.2. The van der Waals surface area contributed by atoms with Crippen molar-refractivity contribution in [1.82, 2.24) is 19.8 Å². The second kappa shape index (κ2) is 11.5. The number of sulfonamides is 1. The molecule has 198 valence electrons. The Morgan fingerprint density at radius 3 is 2.43 bits per heavy atom. The number of hydrogen-bond acceptors (Lipinski definition) is 7. The molecule has 1 heterocycles. The van der Waals surface area contributed by atoms with E-state index in [0.717, 1.165) is 24.1 Å². The Morgan fingerprint density at radius 1 is 1.16 bits per heavy atom. The van der Waals surface area contributed by atoms with Gasteiger partial charge in [0.1, 0.15) is 10.6 Å². The van der Waals surface area contributed by atoms with E-state index in [1.54, 1.807) is 26.0 Å². The number of hydrogen-bond donors (Lipinski definition) is 2. The third-order valence-corrected chi connectivity index (χ3v) is 7.31. The molecule has 3 aromatic rings. The Morgan fingerprint density at radius 2 is 1.84 bits per heavy atom. The van der Waals surface area contributed by atoms with Gasteiger partial charge in [0.15, 0.2) is 5.69 Å². The van der Waals surface area contributed by atoms with Gasteiger partial charge in [0.2, 0.25) is 15.9 Å². The fourth-order valence-electron chi connectivity index (χ4n) is 3.42. The Kier molecular flexibility index (Phi) is 8.66. The summed E-state index contributed by atoms with van der Waals surface area (Å²) in [6.07, 6.45) is 1.25. The highest BCUT2D eigenvalue weighted by Gasteiger charge is 2.28. The SMILES string of the molecule is CCCNC(=O)c1nn(-c2ccc(C)cc2)c(Oc2ccc([N+](=O)[O-])cc2S(=O)(=O)NC(C)CC)c1C. The molecule has 37 heavy (non-hydrogen) atoms. The summed E-state index contributed by atoms with van der Waals surface area (Å²) in [5.74, 6) is -0.428. The van der Waals surface area contributed by atoms with E-state index in [2.05, 4.69) is 15.1 Å². The molecule has 0 fully saturated rings. The molecular weight excluding hydrogens is 498 g/mol. The van der Waals surface area contributed by atoms with E-state index >= 15 is 0 Å². The Balaban J connectivity index is 2.19. The van der Waals surface area contributed by atoms with Crippen molar-refractivity contribution in [1.29, 1.82) is 0 Å². The molecule has 1 aromatic heterocycles. The third-order valence-electron chi connectivity index (χ3n) is 5.70. The van der Waals surface area contributed by atoms with Gasteiger partial charge >= 0.3 is 0 Å². The number of carbonyl (C=O) groups excluding carboxylic acids is 1. The Hall–Kier alpha value is -3.77. The van der Waals surface area contributed by atoms with E-state index in [-0.39, 0.29) is 17.3 Å². The van der Waals surface area contributed by atoms with Gasteiger partial charge in [-0.05, 0) is 51.8 Å². The number of nitrogens with one attached hydrogen (secondary N) is 2. The summed E-state index contributed by atoms with van der Waals surface area (Å²) in [6.45, 7) is 9.46. The van der Waals surface area contributed by atoms with Crippen LogP contribution in [0.25, 0.3) is 5.69 Å². The van der Waals surface area contributed by atoms with Gasteiger partial charge in [-0.1, -0.05) is 31.5 Å². The molecular formula is C25H31N5O6S. The van der Waals surface area contributed by atoms with Crippen LogP contribution in [0.3, 0.4) is 0 Å². The molecule has 0 saturated carbocycles. The van der Waals surface area contributed by atoms with Crippen LogP contribution >= 0.6 is 0 Å². The smallest absolute Gasteiger partial charge is 0.272 e. The summed E-state index contributed by atoms with van der Waals surface area (Å²) >= 11 is 0. The maximum absolute atomic E-state index is 13.2. The fraction of sp³-hybridized carbons (Fsp3) is 0.360. The first-order valence-corrected chi connectivity index (χ1v) is 13.4. The number of aryl methyl sites for hydroxylation is 1. The second-order valence-corrected chi connectivity index (χ2v) is 10.4. The zero-order valence-electron chi connectivity index (χ0n) is 21.4. The average Bonchev–Trinajstić information content (AvgIpc) is 3.18. The fourth-order valence-corrected chi connectivity index (χ4v) is 4.89. The summed E-state index contributed by atoms with van der Waals surface area (Å²) in [7, 11) is -4.18. The number of non-ortho nitro benzene ring substituents is 1. The Bertz CT molecular complexity index is 1400. The van der Waals surface area contributed by atoms with Crippen LogP contribution in [0, 0.1) is 24.0 Å². The topological polar surface area (TPSA) is 145 Å². The van der Waals surface area contributed by atoms with Gasteiger partial charge in [-0.3, -0.25) is 14.9 Å². The summed E-state index contributed by atoms with van der Waals surface area (Å²) in [5.41, 5.74) is 1.69. The predicted octanol–water partition coefficient (Wildman–Crippen LogP) is 4.41. The molecule has 1 atom stereocenters. The maximum Gasteiger partial charge on any atom is 0.272 e. The highest BCUT2D eigenvalue weighted by molar-refractivity contribution is 7.89. The van der Waals surface area contributed by atoms with E-state index in [1.807, 2.05) is 32.9 Å². The first kappa shape index (κ1) is 27.8. The predicted molar refractivity (Wildman–Crippen MR) is 139 cm³/mol. The minimum atomic E-state index is -4.18. The molecule has 0 aliphatic heterocycles. The largest absolute Gasteiger partial charge is 0.437 e. The van der Waals surface area contributed by atoms with E-state index in [4.69, 9.17) is 4.74 Å². The van der Waals surface area contributed by atoms with Crippen molar-refractivity contribution in [2.45, 2.75) is 58.4 Å². The highest BCUT2D eigenvalue weighted by Crippen LogP contribution is 2.35. The van der Waals surface area contributed by atoms with Crippen molar-refractivity contribution in [3.63, 3.8) is 0 Å². The standard InChI is InChI=1S/C25H31N5O6S/c1-6-14-26-24(31)23-18(5)25(29(27-23)19-10-8-16(3)9-11-19)36-21-13-12-20(30(32)33)15-22(21)37(34,35)28-17(4)7-2/h8-13,15,17,28H,6-7,14H2,1-5H3,(H,26,31). The summed E-state index contributed by atoms with van der Waals surface area (Å²) in [4.78, 5) is 23.1. The number of carbonyl (C=O) groups is 1. The molecule has 0 aliphatic carbocycles. The van der Waals surface area contributed by atoms with Crippen molar-refractivity contribution in [2.75, 3.05) is 6.54 Å². The van der Waals surface area contributed by atoms with Crippen LogP contribution in [-0.2, 0) is 10.0 Å². The normalized spacial score (nSPS) is 12.2. The number of nitro benzene ring substituents is 1. The molecule has 1 unspecified atom stereocenters. The molecule has 11 nitrogen and oxygen atoms in total. The number of aromatic nitrogens is 2. The molecule has 3 rings (SSSR count). The van der Waals surface area contributed by atoms with Crippen LogP contribution < -0.4 is 14.8 Å². The molecule has 2 aromatic carbocycles. The van der Waals surface area contributed by atoms with Gasteiger partial charge in [-0.15, -0.1) is 0 Å². The van der Waals surface area contributed by atoms with E-state index < -0.39 is 37.5 Å². The van der Waals surface area contributed by atoms with E-state index in [0.29, 0.717) is 24.2 Å². The van der Waals surface area contributed by atoms with Crippen LogP contribution in [0.4, 0.5) is 5.69 Å². The lowest BCUT2D eigenvalue weighted by Gasteiger charge is -2.16. The monoisotopic (exact) mass is 529 g/mol. The number of nitrogens with zero attached hydrogens (tertiary/aromatic N) is 3. The van der Waals surface area contributed by atoms with Crippen molar-refractivity contribution in [2.24, 2.45) is 0 Å². The van der Waals surface area contributed by atoms with Crippen molar-refractivity contribution < 1.29 is 22.9 Å². The van der Waals surface area contributed by atoms with Gasteiger partial charge in [0.25, 0.3) is 11.6 Å². The number of rotatable bonds is 11. The lowest BCUT2D eigenvalue weighted by molar-refractivity contribution is -0.385. The number of nitro groups is 1. The van der Waals surface area contributed by atoms with E-state index in [9.17, 15) is 23.3 Å². The van der Waals surface area contributed by atoms with Crippen LogP contribution in [0.2, 0.25) is 0 Å². The van der Waals surface area contributed by atoms with Gasteiger partial charge < -0.3 is 10.1 Å². The van der Waals surface area contributed by atoms with Crippen LogP contribution in [0.5, 0.6) is 11.6 Å². The molecule has 2 N–H and O–H groups in total. The van der Waals surface area contributed by atoms with Gasteiger partial charge in [0.05, 0.1) is 10.6 Å². The molecule has 0 saturated heterocycles. The number of ether oxygens (including phenoxy) is 1.